The van der Waals surface area contributed by atoms with Crippen LogP contribution in [-0.2, 0) is 0 Å². The van der Waals surface area contributed by atoms with Gasteiger partial charge in [0.1, 0.15) is 5.15 Å². The van der Waals surface area contributed by atoms with E-state index in [2.05, 4.69) is 20.9 Å². The highest BCUT2D eigenvalue weighted by Gasteiger charge is 1.84. The molecule has 6 heteroatoms. The number of hydrogen-bond acceptors (Lipinski definition) is 2. The van der Waals surface area contributed by atoms with Crippen LogP contribution in [0.3, 0.4) is 0 Å². The summed E-state index contributed by atoms with van der Waals surface area (Å²) in [6, 6.07) is 3.57. The maximum Gasteiger partial charge on any atom is 0.483 e. The Morgan fingerprint density at radius 2 is 2.00 bits per heavy atom. The molecule has 1 rings (SSSR count). The monoisotopic (exact) mass is 257 g/mol. The summed E-state index contributed by atoms with van der Waals surface area (Å²) in [4.78, 5) is 11.9. The summed E-state index contributed by atoms with van der Waals surface area (Å²) in [7, 11) is 0. The van der Waals surface area contributed by atoms with E-state index in [1.165, 1.54) is 0 Å². The molecule has 0 radical (unpaired) electrons. The van der Waals surface area contributed by atoms with Gasteiger partial charge in [-0.3, -0.25) is 0 Å². The summed E-state index contributed by atoms with van der Waals surface area (Å²) in [5.74, 6) is 0. The number of pyridine rings is 1. The summed E-state index contributed by atoms with van der Waals surface area (Å²) in [5.41, 5.74) is 0. The Bertz CT molecular complexity index is 229. The third-order valence-corrected chi connectivity index (χ3v) is 1.38. The van der Waals surface area contributed by atoms with Gasteiger partial charge in [0, 0.05) is 10.7 Å². The first-order chi connectivity index (χ1) is 5.52. The Labute approximate surface area is 80.7 Å². The Balaban J connectivity index is 0.000000261. The van der Waals surface area contributed by atoms with Crippen LogP contribution in [0.25, 0.3) is 0 Å². The third kappa shape index (κ3) is 7.56. The Morgan fingerprint density at radius 3 is 2.25 bits per heavy atom. The molecule has 0 spiro atoms. The Kier molecular flexibility index (Phi) is 5.74. The van der Waals surface area contributed by atoms with E-state index < -0.39 is 6.29 Å². The standard InChI is InChI=1S/C5H3BrClN.CF2O/c6-4-1-2-5(7)8-3-4;2-1(3)4/h1-3H;. The highest BCUT2D eigenvalue weighted by Crippen LogP contribution is 2.09. The summed E-state index contributed by atoms with van der Waals surface area (Å²) in [5, 5.41) is 0.521. The van der Waals surface area contributed by atoms with Crippen LogP contribution in [0, 0.1) is 0 Å². The van der Waals surface area contributed by atoms with E-state index in [4.69, 9.17) is 16.4 Å². The van der Waals surface area contributed by atoms with Crippen molar-refractivity contribution in [2.24, 2.45) is 0 Å². The Hall–Kier alpha value is -0.550. The van der Waals surface area contributed by atoms with Gasteiger partial charge >= 0.3 is 6.29 Å². The molecule has 1 heterocycles. The van der Waals surface area contributed by atoms with Crippen molar-refractivity contribution in [2.45, 2.75) is 0 Å². The average molecular weight is 258 g/mol. The van der Waals surface area contributed by atoms with Crippen LogP contribution in [0.1, 0.15) is 0 Å². The summed E-state index contributed by atoms with van der Waals surface area (Å²) in [6.07, 6.45) is -1.18. The Morgan fingerprint density at radius 1 is 1.50 bits per heavy atom. The van der Waals surface area contributed by atoms with E-state index in [-0.39, 0.29) is 0 Å². The number of rotatable bonds is 0. The van der Waals surface area contributed by atoms with Crippen molar-refractivity contribution in [1.82, 2.24) is 4.98 Å². The predicted octanol–water partition coefficient (Wildman–Crippen LogP) is 3.54. The van der Waals surface area contributed by atoms with Crippen molar-refractivity contribution in [2.75, 3.05) is 0 Å². The molecule has 66 valence electrons. The van der Waals surface area contributed by atoms with Gasteiger partial charge < -0.3 is 0 Å². The summed E-state index contributed by atoms with van der Waals surface area (Å²) >= 11 is 8.70. The molecule has 0 atom stereocenters. The van der Waals surface area contributed by atoms with Crippen molar-refractivity contribution in [3.8, 4) is 0 Å². The lowest BCUT2D eigenvalue weighted by atomic mass is 10.5. The predicted molar refractivity (Wildman–Crippen MR) is 44.6 cm³/mol. The second kappa shape index (κ2) is 6.02. The normalized spacial score (nSPS) is 8.33. The minimum absolute atomic E-state index is 0.521. The number of carbonyl (C=O) groups excluding carboxylic acids is 1. The van der Waals surface area contributed by atoms with Crippen molar-refractivity contribution in [3.05, 3.63) is 28.0 Å². The van der Waals surface area contributed by atoms with Crippen LogP contribution in [0.2, 0.25) is 5.15 Å². The molecule has 0 aliphatic carbocycles. The fourth-order valence-corrected chi connectivity index (χ4v) is 0.704. The number of hydrogen-bond donors (Lipinski definition) is 0. The number of nitrogens with zero attached hydrogens (tertiary/aromatic N) is 1. The molecule has 1 aromatic heterocycles. The van der Waals surface area contributed by atoms with Crippen LogP contribution in [0.4, 0.5) is 13.6 Å². The number of carbonyl (C=O) groups is 1. The lowest BCUT2D eigenvalue weighted by Crippen LogP contribution is -1.69. The average Bonchev–Trinajstić information content (AvgIpc) is 1.94. The van der Waals surface area contributed by atoms with E-state index in [0.717, 1.165) is 4.47 Å². The van der Waals surface area contributed by atoms with E-state index in [1.807, 2.05) is 6.07 Å². The summed E-state index contributed by atoms with van der Waals surface area (Å²) in [6.45, 7) is 0. The van der Waals surface area contributed by atoms with Gasteiger partial charge in [-0.15, -0.1) is 8.78 Å². The van der Waals surface area contributed by atoms with Crippen molar-refractivity contribution in [3.63, 3.8) is 0 Å². The molecule has 12 heavy (non-hydrogen) atoms. The minimum atomic E-state index is -2.83. The lowest BCUT2D eigenvalue weighted by molar-refractivity contribution is 0.199. The lowest BCUT2D eigenvalue weighted by Gasteiger charge is -1.85. The maximum atomic E-state index is 9.69. The van der Waals surface area contributed by atoms with Gasteiger partial charge in [0.25, 0.3) is 0 Å². The summed E-state index contributed by atoms with van der Waals surface area (Å²) < 4.78 is 20.3. The smallest absolute Gasteiger partial charge is 0.243 e. The zero-order valence-corrected chi connectivity index (χ0v) is 7.94. The van der Waals surface area contributed by atoms with Gasteiger partial charge in [0.2, 0.25) is 0 Å². The molecule has 0 aromatic carbocycles. The molecular weight excluding hydrogens is 255 g/mol. The topological polar surface area (TPSA) is 30.0 Å². The van der Waals surface area contributed by atoms with Crippen molar-refractivity contribution < 1.29 is 13.6 Å². The first-order valence-electron chi connectivity index (χ1n) is 2.64. The van der Waals surface area contributed by atoms with E-state index in [1.54, 1.807) is 12.3 Å². The first kappa shape index (κ1) is 11.4. The van der Waals surface area contributed by atoms with Crippen molar-refractivity contribution in [1.29, 1.82) is 0 Å². The molecule has 1 aromatic rings. The fourth-order valence-electron chi connectivity index (χ4n) is 0.358. The fraction of sp³-hybridized carbons (Fsp3) is 0. The van der Waals surface area contributed by atoms with Gasteiger partial charge in [-0.1, -0.05) is 11.6 Å². The van der Waals surface area contributed by atoms with Gasteiger partial charge in [0.15, 0.2) is 0 Å². The third-order valence-electron chi connectivity index (χ3n) is 0.691. The largest absolute Gasteiger partial charge is 0.483 e. The number of aromatic nitrogens is 1. The molecule has 0 unspecified atom stereocenters. The molecule has 0 fully saturated rings. The van der Waals surface area contributed by atoms with Crippen LogP contribution in [0.15, 0.2) is 22.8 Å². The van der Waals surface area contributed by atoms with Gasteiger partial charge in [-0.2, -0.15) is 0 Å². The second-order valence-corrected chi connectivity index (χ2v) is 2.83. The van der Waals surface area contributed by atoms with E-state index in [9.17, 15) is 8.78 Å². The first-order valence-corrected chi connectivity index (χ1v) is 3.81. The maximum absolute atomic E-state index is 9.69. The molecule has 0 saturated carbocycles. The van der Waals surface area contributed by atoms with E-state index in [0.29, 0.717) is 5.15 Å². The molecule has 0 aliphatic rings. The quantitative estimate of drug-likeness (QED) is 0.526. The SMILES string of the molecule is Clc1ccc(Br)cn1.O=C(F)F. The van der Waals surface area contributed by atoms with Crippen LogP contribution < -0.4 is 0 Å². The molecule has 0 saturated heterocycles. The van der Waals surface area contributed by atoms with Gasteiger partial charge in [-0.05, 0) is 28.1 Å². The van der Waals surface area contributed by atoms with Gasteiger partial charge in [-0.25, -0.2) is 9.78 Å². The molecule has 0 aliphatic heterocycles. The zero-order chi connectivity index (χ0) is 9.56. The van der Waals surface area contributed by atoms with Crippen LogP contribution in [0.5, 0.6) is 0 Å². The highest BCUT2D eigenvalue weighted by atomic mass is 79.9. The number of halogens is 4. The molecule has 0 amide bonds. The van der Waals surface area contributed by atoms with E-state index >= 15 is 0 Å². The highest BCUT2D eigenvalue weighted by molar-refractivity contribution is 9.10. The second-order valence-electron chi connectivity index (χ2n) is 1.52. The molecule has 2 nitrogen and oxygen atoms in total. The van der Waals surface area contributed by atoms with Crippen LogP contribution >= 0.6 is 27.5 Å². The zero-order valence-electron chi connectivity index (χ0n) is 5.60. The molecule has 0 bridgehead atoms. The van der Waals surface area contributed by atoms with Crippen LogP contribution in [-0.4, -0.2) is 11.3 Å². The minimum Gasteiger partial charge on any atom is -0.243 e. The molecular formula is C6H3BrClF2NO. The van der Waals surface area contributed by atoms with Crippen molar-refractivity contribution >= 4 is 33.8 Å². The molecule has 0 N–H and O–H groups in total. The van der Waals surface area contributed by atoms with Gasteiger partial charge in [0.05, 0.1) is 0 Å².